The maximum absolute atomic E-state index is 14.1. The second-order valence-corrected chi connectivity index (χ2v) is 7.33. The van der Waals surface area contributed by atoms with Crippen LogP contribution in [0.1, 0.15) is 27.3 Å². The van der Waals surface area contributed by atoms with Gasteiger partial charge in [-0.2, -0.15) is 0 Å². The van der Waals surface area contributed by atoms with Crippen molar-refractivity contribution in [3.8, 4) is 5.75 Å². The largest absolute Gasteiger partial charge is 0.573 e. The molecule has 0 fully saturated rings. The molecule has 31 heavy (non-hydrogen) atoms. The zero-order valence-corrected chi connectivity index (χ0v) is 16.7. The van der Waals surface area contributed by atoms with Crippen molar-refractivity contribution in [3.05, 3.63) is 64.7 Å². The van der Waals surface area contributed by atoms with E-state index in [1.807, 2.05) is 13.8 Å². The molecular formula is C22H19F4N3O2. The predicted octanol–water partition coefficient (Wildman–Crippen LogP) is 5.28. The molecule has 0 saturated carbocycles. The highest BCUT2D eigenvalue weighted by Crippen LogP contribution is 2.28. The highest BCUT2D eigenvalue weighted by molar-refractivity contribution is 5.98. The summed E-state index contributed by atoms with van der Waals surface area (Å²) in [6.07, 6.45) is -4.29. The van der Waals surface area contributed by atoms with Gasteiger partial charge < -0.3 is 20.0 Å². The number of H-pyrrole nitrogens is 2. The average Bonchev–Trinajstić information content (AvgIpc) is 3.25. The molecule has 4 rings (SSSR count). The SMILES string of the molecule is Cc1[nH]c2c(F)ccc(C)c2c1CCNC(=O)c1cc2cc(OC(F)(F)F)ccc2[nH]1. The van der Waals surface area contributed by atoms with E-state index in [-0.39, 0.29) is 17.3 Å². The Kier molecular flexibility index (Phi) is 5.12. The van der Waals surface area contributed by atoms with Gasteiger partial charge in [-0.1, -0.05) is 6.07 Å². The van der Waals surface area contributed by atoms with Crippen molar-refractivity contribution in [1.29, 1.82) is 0 Å². The molecule has 0 aliphatic heterocycles. The van der Waals surface area contributed by atoms with E-state index in [9.17, 15) is 22.4 Å². The van der Waals surface area contributed by atoms with Crippen molar-refractivity contribution in [2.75, 3.05) is 6.54 Å². The molecule has 2 aromatic carbocycles. The first kappa shape index (κ1) is 20.8. The number of nitrogens with one attached hydrogen (secondary N) is 3. The number of aryl methyl sites for hydroxylation is 2. The third-order valence-electron chi connectivity index (χ3n) is 5.16. The highest BCUT2D eigenvalue weighted by atomic mass is 19.4. The second kappa shape index (κ2) is 7.64. The topological polar surface area (TPSA) is 69.9 Å². The fourth-order valence-electron chi connectivity index (χ4n) is 3.78. The van der Waals surface area contributed by atoms with Crippen LogP contribution in [0.25, 0.3) is 21.8 Å². The Morgan fingerprint density at radius 1 is 1.10 bits per heavy atom. The predicted molar refractivity (Wildman–Crippen MR) is 109 cm³/mol. The van der Waals surface area contributed by atoms with E-state index in [4.69, 9.17) is 0 Å². The van der Waals surface area contributed by atoms with Gasteiger partial charge in [-0.3, -0.25) is 4.79 Å². The van der Waals surface area contributed by atoms with Crippen LogP contribution < -0.4 is 10.1 Å². The first-order valence-electron chi connectivity index (χ1n) is 9.55. The zero-order chi connectivity index (χ0) is 22.3. The summed E-state index contributed by atoms with van der Waals surface area (Å²) in [7, 11) is 0. The van der Waals surface area contributed by atoms with Gasteiger partial charge >= 0.3 is 6.36 Å². The minimum atomic E-state index is -4.79. The second-order valence-electron chi connectivity index (χ2n) is 7.33. The third kappa shape index (κ3) is 4.21. The molecular weight excluding hydrogens is 414 g/mol. The molecule has 2 aromatic heterocycles. The number of carbonyl (C=O) groups is 1. The monoisotopic (exact) mass is 433 g/mol. The molecule has 0 aliphatic rings. The molecule has 2 heterocycles. The molecule has 5 nitrogen and oxygen atoms in total. The number of amides is 1. The van der Waals surface area contributed by atoms with Crippen LogP contribution >= 0.6 is 0 Å². The third-order valence-corrected chi connectivity index (χ3v) is 5.16. The van der Waals surface area contributed by atoms with Crippen molar-refractivity contribution in [2.24, 2.45) is 0 Å². The van der Waals surface area contributed by atoms with E-state index >= 15 is 0 Å². The summed E-state index contributed by atoms with van der Waals surface area (Å²) in [5, 5.41) is 4.02. The van der Waals surface area contributed by atoms with Gasteiger partial charge in [-0.15, -0.1) is 13.2 Å². The van der Waals surface area contributed by atoms with Gasteiger partial charge in [0.05, 0.1) is 5.52 Å². The Balaban J connectivity index is 1.47. The number of carbonyl (C=O) groups excluding carboxylic acids is 1. The van der Waals surface area contributed by atoms with Crippen molar-refractivity contribution in [3.63, 3.8) is 0 Å². The molecule has 0 unspecified atom stereocenters. The van der Waals surface area contributed by atoms with Gasteiger partial charge in [0.1, 0.15) is 17.3 Å². The number of fused-ring (bicyclic) bond motifs is 2. The van der Waals surface area contributed by atoms with Crippen LogP contribution in [-0.4, -0.2) is 28.8 Å². The van der Waals surface area contributed by atoms with Crippen molar-refractivity contribution < 1.29 is 27.1 Å². The lowest BCUT2D eigenvalue weighted by Crippen LogP contribution is -2.26. The number of rotatable bonds is 5. The lowest BCUT2D eigenvalue weighted by atomic mass is 10.0. The first-order chi connectivity index (χ1) is 14.6. The summed E-state index contributed by atoms with van der Waals surface area (Å²) in [5.41, 5.74) is 3.88. The summed E-state index contributed by atoms with van der Waals surface area (Å²) in [4.78, 5) is 18.4. The average molecular weight is 433 g/mol. The van der Waals surface area contributed by atoms with Crippen molar-refractivity contribution >= 4 is 27.7 Å². The summed E-state index contributed by atoms with van der Waals surface area (Å²) in [6.45, 7) is 4.06. The van der Waals surface area contributed by atoms with Crippen LogP contribution in [0, 0.1) is 19.7 Å². The number of ether oxygens (including phenoxy) is 1. The number of alkyl halides is 3. The number of benzene rings is 2. The normalized spacial score (nSPS) is 11.9. The molecule has 0 atom stereocenters. The Labute approximate surface area is 174 Å². The van der Waals surface area contributed by atoms with Crippen molar-refractivity contribution in [1.82, 2.24) is 15.3 Å². The van der Waals surface area contributed by atoms with Gasteiger partial charge in [-0.05, 0) is 61.7 Å². The molecule has 9 heteroatoms. The van der Waals surface area contributed by atoms with Crippen LogP contribution in [0.15, 0.2) is 36.4 Å². The Morgan fingerprint density at radius 2 is 1.87 bits per heavy atom. The maximum Gasteiger partial charge on any atom is 0.573 e. The van der Waals surface area contributed by atoms with Crippen LogP contribution in [0.3, 0.4) is 0 Å². The molecule has 0 radical (unpaired) electrons. The molecule has 0 bridgehead atoms. The smallest absolute Gasteiger partial charge is 0.406 e. The lowest BCUT2D eigenvalue weighted by molar-refractivity contribution is -0.274. The fraction of sp³-hybridized carbons (Fsp3) is 0.227. The summed E-state index contributed by atoms with van der Waals surface area (Å²) in [5.74, 6) is -1.08. The molecule has 162 valence electrons. The van der Waals surface area contributed by atoms with Crippen LogP contribution in [0.4, 0.5) is 17.6 Å². The lowest BCUT2D eigenvalue weighted by Gasteiger charge is -2.08. The molecule has 4 aromatic rings. The van der Waals surface area contributed by atoms with Gasteiger partial charge in [0.25, 0.3) is 5.91 Å². The van der Waals surface area contributed by atoms with E-state index in [1.165, 1.54) is 30.3 Å². The molecule has 1 amide bonds. The van der Waals surface area contributed by atoms with Gasteiger partial charge in [-0.25, -0.2) is 4.39 Å². The molecule has 0 saturated heterocycles. The minimum Gasteiger partial charge on any atom is -0.406 e. The van der Waals surface area contributed by atoms with Gasteiger partial charge in [0, 0.05) is 28.5 Å². The van der Waals surface area contributed by atoms with E-state index in [0.717, 1.165) is 22.2 Å². The Bertz CT molecular complexity index is 1290. The summed E-state index contributed by atoms with van der Waals surface area (Å²) >= 11 is 0. The van der Waals surface area contributed by atoms with E-state index in [1.54, 1.807) is 6.07 Å². The number of aromatic amines is 2. The standard InChI is InChI=1S/C22H19F4N3O2/c1-11-3-5-16(23)20-19(11)15(12(2)28-20)7-8-27-21(30)18-10-13-9-14(31-22(24,25)26)4-6-17(13)29-18/h3-6,9-10,28-29H,7-8H2,1-2H3,(H,27,30). The molecule has 0 aliphatic carbocycles. The molecule has 0 spiro atoms. The fourth-order valence-corrected chi connectivity index (χ4v) is 3.78. The first-order valence-corrected chi connectivity index (χ1v) is 9.55. The molecule has 3 N–H and O–H groups in total. The van der Waals surface area contributed by atoms with E-state index in [0.29, 0.717) is 29.4 Å². The summed E-state index contributed by atoms with van der Waals surface area (Å²) in [6, 6.07) is 8.40. The van der Waals surface area contributed by atoms with Gasteiger partial charge in [0.15, 0.2) is 0 Å². The summed E-state index contributed by atoms with van der Waals surface area (Å²) < 4.78 is 55.1. The number of aromatic nitrogens is 2. The van der Waals surface area contributed by atoms with Crippen LogP contribution in [0.5, 0.6) is 5.75 Å². The van der Waals surface area contributed by atoms with Crippen LogP contribution in [0.2, 0.25) is 0 Å². The quantitative estimate of drug-likeness (QED) is 0.375. The van der Waals surface area contributed by atoms with Crippen LogP contribution in [-0.2, 0) is 6.42 Å². The van der Waals surface area contributed by atoms with Crippen molar-refractivity contribution in [2.45, 2.75) is 26.6 Å². The maximum atomic E-state index is 14.1. The van der Waals surface area contributed by atoms with Gasteiger partial charge in [0.2, 0.25) is 0 Å². The number of hydrogen-bond acceptors (Lipinski definition) is 2. The number of halogens is 4. The Morgan fingerprint density at radius 3 is 2.61 bits per heavy atom. The van der Waals surface area contributed by atoms with E-state index < -0.39 is 12.3 Å². The highest BCUT2D eigenvalue weighted by Gasteiger charge is 2.31. The minimum absolute atomic E-state index is 0.219. The zero-order valence-electron chi connectivity index (χ0n) is 16.7. The Hall–Kier alpha value is -3.49. The number of hydrogen-bond donors (Lipinski definition) is 3. The van der Waals surface area contributed by atoms with E-state index in [2.05, 4.69) is 20.0 Å².